The van der Waals surface area contributed by atoms with Crippen LogP contribution in [-0.2, 0) is 13.6 Å². The van der Waals surface area contributed by atoms with Crippen molar-refractivity contribution in [1.29, 1.82) is 0 Å². The molecule has 0 atom stereocenters. The molecule has 1 heterocycles. The molecule has 1 aromatic heterocycles. The Morgan fingerprint density at radius 1 is 1.33 bits per heavy atom. The summed E-state index contributed by atoms with van der Waals surface area (Å²) in [7, 11) is 1.56. The number of rotatable bonds is 6. The van der Waals surface area contributed by atoms with E-state index in [1.54, 1.807) is 11.9 Å². The molecule has 4 nitrogen and oxygen atoms in total. The summed E-state index contributed by atoms with van der Waals surface area (Å²) in [6.07, 6.45) is 6.03. The minimum absolute atomic E-state index is 0.0111. The predicted molar refractivity (Wildman–Crippen MR) is 99.3 cm³/mol. The zero-order chi connectivity index (χ0) is 19.0. The first kappa shape index (κ1) is 17.9. The molecule has 142 valence electrons. The Labute approximate surface area is 157 Å². The largest absolute Gasteiger partial charge is 0.331 e. The van der Waals surface area contributed by atoms with E-state index in [1.165, 1.54) is 22.0 Å². The lowest BCUT2D eigenvalue weighted by Crippen LogP contribution is -2.33. The van der Waals surface area contributed by atoms with Crippen LogP contribution in [0.3, 0.4) is 0 Å². The van der Waals surface area contributed by atoms with Gasteiger partial charge in [-0.25, -0.2) is 8.78 Å². The van der Waals surface area contributed by atoms with Gasteiger partial charge in [-0.2, -0.15) is 5.10 Å². The third-order valence-electron chi connectivity index (χ3n) is 5.29. The minimum atomic E-state index is -2.76. The zero-order valence-corrected chi connectivity index (χ0v) is 15.4. The number of hydrogen-bond donors (Lipinski definition) is 0. The van der Waals surface area contributed by atoms with Crippen molar-refractivity contribution in [2.24, 2.45) is 7.05 Å². The number of aryl methyl sites for hydroxylation is 1. The Balaban J connectivity index is 1.65. The first-order valence-corrected chi connectivity index (χ1v) is 9.44. The van der Waals surface area contributed by atoms with Crippen LogP contribution in [0.25, 0.3) is 5.57 Å². The van der Waals surface area contributed by atoms with Gasteiger partial charge in [-0.15, -0.1) is 0 Å². The maximum Gasteiger partial charge on any atom is 0.282 e. The zero-order valence-electron chi connectivity index (χ0n) is 15.4. The fourth-order valence-electron chi connectivity index (χ4n) is 3.81. The van der Waals surface area contributed by atoms with Gasteiger partial charge in [0, 0.05) is 25.8 Å². The van der Waals surface area contributed by atoms with Crippen molar-refractivity contribution >= 4 is 11.5 Å². The van der Waals surface area contributed by atoms with Gasteiger partial charge in [-0.1, -0.05) is 30.3 Å². The van der Waals surface area contributed by atoms with E-state index in [1.807, 2.05) is 18.2 Å². The highest BCUT2D eigenvalue weighted by Gasteiger charge is 2.36. The van der Waals surface area contributed by atoms with E-state index in [9.17, 15) is 13.6 Å². The lowest BCUT2D eigenvalue weighted by atomic mass is 9.98. The number of amides is 1. The number of hydrogen-bond acceptors (Lipinski definition) is 2. The maximum absolute atomic E-state index is 13.3. The molecule has 27 heavy (non-hydrogen) atoms. The SMILES string of the molecule is Cn1cc(C(=O)N(Cc2ccccc2C2=CCCC2)C2CC2)c(C(F)F)n1. The highest BCUT2D eigenvalue weighted by Crippen LogP contribution is 2.35. The van der Waals surface area contributed by atoms with Crippen LogP contribution in [-0.4, -0.2) is 26.6 Å². The van der Waals surface area contributed by atoms with Crippen LogP contribution in [0.2, 0.25) is 0 Å². The summed E-state index contributed by atoms with van der Waals surface area (Å²) >= 11 is 0. The molecule has 0 saturated heterocycles. The molecule has 0 N–H and O–H groups in total. The fourth-order valence-corrected chi connectivity index (χ4v) is 3.81. The van der Waals surface area contributed by atoms with Crippen LogP contribution in [0, 0.1) is 0 Å². The molecule has 0 aliphatic heterocycles. The number of allylic oxidation sites excluding steroid dienone is 2. The van der Waals surface area contributed by atoms with Crippen molar-refractivity contribution in [3.63, 3.8) is 0 Å². The van der Waals surface area contributed by atoms with E-state index in [2.05, 4.69) is 17.2 Å². The van der Waals surface area contributed by atoms with Gasteiger partial charge >= 0.3 is 0 Å². The standard InChI is InChI=1S/C21H23F2N3O/c1-25-13-18(19(24-25)20(22)23)21(27)26(16-10-11-16)12-15-8-4-5-9-17(15)14-6-2-3-7-14/h4-6,8-9,13,16,20H,2-3,7,10-12H2,1H3. The highest BCUT2D eigenvalue weighted by molar-refractivity contribution is 5.95. The molecule has 1 aromatic carbocycles. The van der Waals surface area contributed by atoms with Crippen molar-refractivity contribution in [2.45, 2.75) is 51.1 Å². The van der Waals surface area contributed by atoms with Gasteiger partial charge in [-0.05, 0) is 48.8 Å². The van der Waals surface area contributed by atoms with E-state index >= 15 is 0 Å². The van der Waals surface area contributed by atoms with Crippen molar-refractivity contribution in [2.75, 3.05) is 0 Å². The van der Waals surface area contributed by atoms with Gasteiger partial charge in [0.1, 0.15) is 5.69 Å². The molecular weight excluding hydrogens is 348 g/mol. The summed E-state index contributed by atoms with van der Waals surface area (Å²) in [5.74, 6) is -0.351. The monoisotopic (exact) mass is 371 g/mol. The van der Waals surface area contributed by atoms with Crippen molar-refractivity contribution in [3.05, 3.63) is 58.9 Å². The smallest absolute Gasteiger partial charge is 0.282 e. The van der Waals surface area contributed by atoms with Crippen LogP contribution in [0.5, 0.6) is 0 Å². The number of aromatic nitrogens is 2. The van der Waals surface area contributed by atoms with Gasteiger partial charge < -0.3 is 4.90 Å². The van der Waals surface area contributed by atoms with Gasteiger partial charge in [0.05, 0.1) is 5.56 Å². The van der Waals surface area contributed by atoms with Crippen LogP contribution < -0.4 is 0 Å². The Kier molecular flexibility index (Phi) is 4.81. The highest BCUT2D eigenvalue weighted by atomic mass is 19.3. The third kappa shape index (κ3) is 3.66. The van der Waals surface area contributed by atoms with Crippen LogP contribution in [0.15, 0.2) is 36.5 Å². The first-order valence-electron chi connectivity index (χ1n) is 9.44. The normalized spacial score (nSPS) is 16.7. The molecule has 2 aromatic rings. The summed E-state index contributed by atoms with van der Waals surface area (Å²) in [6, 6.07) is 8.23. The van der Waals surface area contributed by atoms with Crippen molar-refractivity contribution in [3.8, 4) is 0 Å². The van der Waals surface area contributed by atoms with E-state index in [0.717, 1.165) is 37.7 Å². The Morgan fingerprint density at radius 2 is 2.11 bits per heavy atom. The molecule has 0 bridgehead atoms. The van der Waals surface area contributed by atoms with Crippen LogP contribution >= 0.6 is 0 Å². The lowest BCUT2D eigenvalue weighted by Gasteiger charge is -2.24. The molecule has 6 heteroatoms. The molecule has 2 aliphatic rings. The van der Waals surface area contributed by atoms with Crippen LogP contribution in [0.4, 0.5) is 8.78 Å². The average Bonchev–Trinajstić information content (AvgIpc) is 3.18. The number of halogens is 2. The maximum atomic E-state index is 13.3. The molecule has 0 unspecified atom stereocenters. The van der Waals surface area contributed by atoms with E-state index in [0.29, 0.717) is 6.54 Å². The second-order valence-electron chi connectivity index (χ2n) is 7.35. The summed E-state index contributed by atoms with van der Waals surface area (Å²) in [5, 5.41) is 3.79. The quantitative estimate of drug-likeness (QED) is 0.736. The summed E-state index contributed by atoms with van der Waals surface area (Å²) in [5.41, 5.74) is 3.16. The topological polar surface area (TPSA) is 38.1 Å². The van der Waals surface area contributed by atoms with Crippen LogP contribution in [0.1, 0.15) is 65.7 Å². The first-order chi connectivity index (χ1) is 13.0. The van der Waals surface area contributed by atoms with Gasteiger partial charge in [0.25, 0.3) is 12.3 Å². The Morgan fingerprint density at radius 3 is 2.78 bits per heavy atom. The summed E-state index contributed by atoms with van der Waals surface area (Å²) in [6.45, 7) is 0.439. The van der Waals surface area contributed by atoms with Gasteiger partial charge in [0.15, 0.2) is 0 Å². The number of nitrogens with zero attached hydrogens (tertiary/aromatic N) is 3. The van der Waals surface area contributed by atoms with Gasteiger partial charge in [-0.3, -0.25) is 9.48 Å². The molecule has 4 rings (SSSR count). The van der Waals surface area contributed by atoms with E-state index in [4.69, 9.17) is 0 Å². The molecule has 1 amide bonds. The molecule has 1 saturated carbocycles. The molecule has 0 radical (unpaired) electrons. The van der Waals surface area contributed by atoms with E-state index in [-0.39, 0.29) is 17.5 Å². The molecule has 2 aliphatic carbocycles. The van der Waals surface area contributed by atoms with Crippen molar-refractivity contribution < 1.29 is 13.6 Å². The number of carbonyl (C=O) groups excluding carboxylic acids is 1. The lowest BCUT2D eigenvalue weighted by molar-refractivity contribution is 0.0717. The average molecular weight is 371 g/mol. The molecule has 1 fully saturated rings. The van der Waals surface area contributed by atoms with E-state index < -0.39 is 12.1 Å². The third-order valence-corrected chi connectivity index (χ3v) is 5.29. The minimum Gasteiger partial charge on any atom is -0.331 e. The summed E-state index contributed by atoms with van der Waals surface area (Å²) in [4.78, 5) is 14.9. The van der Waals surface area contributed by atoms with Crippen molar-refractivity contribution in [1.82, 2.24) is 14.7 Å². The second kappa shape index (κ2) is 7.25. The Hall–Kier alpha value is -2.50. The summed E-state index contributed by atoms with van der Waals surface area (Å²) < 4.78 is 27.9. The second-order valence-corrected chi connectivity index (χ2v) is 7.35. The molecular formula is C21H23F2N3O. The number of alkyl halides is 2. The van der Waals surface area contributed by atoms with Gasteiger partial charge in [0.2, 0.25) is 0 Å². The molecule has 0 spiro atoms. The Bertz CT molecular complexity index is 883. The number of benzene rings is 1. The predicted octanol–water partition coefficient (Wildman–Crippen LogP) is 4.73. The fraction of sp³-hybridized carbons (Fsp3) is 0.429. The number of carbonyl (C=O) groups is 1.